The summed E-state index contributed by atoms with van der Waals surface area (Å²) in [6.07, 6.45) is 6.09. The molecule has 23 heavy (non-hydrogen) atoms. The second-order valence-corrected chi connectivity index (χ2v) is 7.10. The van der Waals surface area contributed by atoms with Crippen molar-refractivity contribution in [2.75, 3.05) is 6.61 Å². The fraction of sp³-hybridized carbons (Fsp3) is 0.588. The van der Waals surface area contributed by atoms with E-state index >= 15 is 0 Å². The summed E-state index contributed by atoms with van der Waals surface area (Å²) >= 11 is 1.63. The number of rotatable bonds is 5. The van der Waals surface area contributed by atoms with E-state index in [2.05, 4.69) is 4.98 Å². The Bertz CT molecular complexity index is 791. The number of carbonyl (C=O) groups is 1. The number of hydrogen-bond donors (Lipinski definition) is 0. The highest BCUT2D eigenvalue weighted by Gasteiger charge is 2.21. The molecule has 0 atom stereocenters. The van der Waals surface area contributed by atoms with Crippen LogP contribution in [-0.2, 0) is 28.9 Å². The molecule has 5 nitrogen and oxygen atoms in total. The summed E-state index contributed by atoms with van der Waals surface area (Å²) in [4.78, 5) is 31.5. The number of aryl methyl sites for hydroxylation is 3. The molecule has 0 saturated heterocycles. The smallest absolute Gasteiger partial charge is 0.326 e. The third kappa shape index (κ3) is 3.17. The minimum atomic E-state index is -0.367. The van der Waals surface area contributed by atoms with E-state index < -0.39 is 0 Å². The molecular weight excluding hydrogens is 312 g/mol. The fourth-order valence-electron chi connectivity index (χ4n) is 3.03. The van der Waals surface area contributed by atoms with Gasteiger partial charge in [-0.1, -0.05) is 13.3 Å². The van der Waals surface area contributed by atoms with Crippen LogP contribution in [0.15, 0.2) is 4.79 Å². The Labute approximate surface area is 139 Å². The molecule has 0 N–H and O–H groups in total. The number of thiophene rings is 1. The Hall–Kier alpha value is -1.69. The van der Waals surface area contributed by atoms with E-state index in [4.69, 9.17) is 4.74 Å². The van der Waals surface area contributed by atoms with Crippen molar-refractivity contribution in [2.45, 2.75) is 58.9 Å². The Balaban J connectivity index is 1.94. The quantitative estimate of drug-likeness (QED) is 0.623. The number of nitrogens with zero attached hydrogens (tertiary/aromatic N) is 2. The molecule has 0 aliphatic heterocycles. The van der Waals surface area contributed by atoms with Gasteiger partial charge in [-0.3, -0.25) is 14.2 Å². The monoisotopic (exact) mass is 334 g/mol. The highest BCUT2D eigenvalue weighted by Crippen LogP contribution is 2.33. The second-order valence-electron chi connectivity index (χ2n) is 6.02. The lowest BCUT2D eigenvalue weighted by atomic mass is 9.97. The number of esters is 1. The van der Waals surface area contributed by atoms with Gasteiger partial charge in [-0.25, -0.2) is 4.98 Å². The standard InChI is InChI=1S/C17H22N2O3S/c1-3-4-9-22-14(20)10-19-11(2)18-16-15(17(19)21)12-7-5-6-8-13(12)23-16/h3-10H2,1-2H3. The minimum absolute atomic E-state index is 0.0536. The third-order valence-electron chi connectivity index (χ3n) is 4.31. The molecule has 0 radical (unpaired) electrons. The lowest BCUT2D eigenvalue weighted by Gasteiger charge is -2.12. The third-order valence-corrected chi connectivity index (χ3v) is 5.50. The zero-order chi connectivity index (χ0) is 16.4. The Kier molecular flexibility index (Phi) is 4.80. The average Bonchev–Trinajstić information content (AvgIpc) is 2.89. The van der Waals surface area contributed by atoms with Gasteiger partial charge >= 0.3 is 5.97 Å². The summed E-state index contributed by atoms with van der Waals surface area (Å²) in [6, 6.07) is 0. The van der Waals surface area contributed by atoms with Crippen LogP contribution in [0.25, 0.3) is 10.2 Å². The maximum Gasteiger partial charge on any atom is 0.326 e. The van der Waals surface area contributed by atoms with Crippen molar-refractivity contribution < 1.29 is 9.53 Å². The number of aromatic nitrogens is 2. The second kappa shape index (κ2) is 6.83. The van der Waals surface area contributed by atoms with Gasteiger partial charge in [-0.2, -0.15) is 0 Å². The molecule has 0 bridgehead atoms. The number of ether oxygens (including phenoxy) is 1. The van der Waals surface area contributed by atoms with Gasteiger partial charge in [0.15, 0.2) is 0 Å². The summed E-state index contributed by atoms with van der Waals surface area (Å²) in [5.74, 6) is 0.211. The van der Waals surface area contributed by atoms with Crippen LogP contribution >= 0.6 is 11.3 Å². The van der Waals surface area contributed by atoms with Gasteiger partial charge in [0.1, 0.15) is 17.2 Å². The maximum atomic E-state index is 12.9. The molecule has 2 heterocycles. The molecule has 0 saturated carbocycles. The molecule has 1 aliphatic rings. The fourth-order valence-corrected chi connectivity index (χ4v) is 4.33. The first-order valence-corrected chi connectivity index (χ1v) is 9.10. The summed E-state index contributed by atoms with van der Waals surface area (Å²) in [5, 5.41) is 0.719. The van der Waals surface area contributed by atoms with Gasteiger partial charge in [-0.05, 0) is 44.6 Å². The molecule has 0 aromatic carbocycles. The summed E-state index contributed by atoms with van der Waals surface area (Å²) in [6.45, 7) is 4.17. The zero-order valence-electron chi connectivity index (χ0n) is 13.7. The van der Waals surface area contributed by atoms with E-state index in [-0.39, 0.29) is 18.1 Å². The average molecular weight is 334 g/mol. The molecule has 3 rings (SSSR count). The van der Waals surface area contributed by atoms with E-state index in [0.717, 1.165) is 47.9 Å². The van der Waals surface area contributed by atoms with E-state index in [1.54, 1.807) is 18.3 Å². The Morgan fingerprint density at radius 1 is 1.35 bits per heavy atom. The van der Waals surface area contributed by atoms with E-state index in [9.17, 15) is 9.59 Å². The van der Waals surface area contributed by atoms with Crippen LogP contribution in [0, 0.1) is 6.92 Å². The number of unbranched alkanes of at least 4 members (excludes halogenated alkanes) is 1. The van der Waals surface area contributed by atoms with Gasteiger partial charge in [0, 0.05) is 4.88 Å². The van der Waals surface area contributed by atoms with Crippen LogP contribution in [0.1, 0.15) is 48.9 Å². The Morgan fingerprint density at radius 3 is 2.91 bits per heavy atom. The van der Waals surface area contributed by atoms with Crippen molar-refractivity contribution >= 4 is 27.5 Å². The van der Waals surface area contributed by atoms with Crippen molar-refractivity contribution in [2.24, 2.45) is 0 Å². The molecular formula is C17H22N2O3S. The Morgan fingerprint density at radius 2 is 2.13 bits per heavy atom. The van der Waals surface area contributed by atoms with E-state index in [0.29, 0.717) is 12.4 Å². The SMILES string of the molecule is CCCCOC(=O)Cn1c(C)nc2sc3c(c2c1=O)CCCC3. The highest BCUT2D eigenvalue weighted by molar-refractivity contribution is 7.18. The van der Waals surface area contributed by atoms with Crippen molar-refractivity contribution in [3.63, 3.8) is 0 Å². The zero-order valence-corrected chi connectivity index (χ0v) is 14.5. The molecule has 0 unspecified atom stereocenters. The number of hydrogen-bond acceptors (Lipinski definition) is 5. The van der Waals surface area contributed by atoms with Crippen LogP contribution in [0.5, 0.6) is 0 Å². The molecule has 6 heteroatoms. The first-order chi connectivity index (χ1) is 11.1. The molecule has 0 amide bonds. The first kappa shape index (κ1) is 16.2. The van der Waals surface area contributed by atoms with Crippen molar-refractivity contribution in [3.8, 4) is 0 Å². The van der Waals surface area contributed by atoms with Crippen molar-refractivity contribution in [1.82, 2.24) is 9.55 Å². The summed E-state index contributed by atoms with van der Waals surface area (Å²) in [5.41, 5.74) is 1.06. The van der Waals surface area contributed by atoms with Gasteiger partial charge in [0.05, 0.1) is 12.0 Å². The van der Waals surface area contributed by atoms with Gasteiger partial charge in [0.25, 0.3) is 5.56 Å². The topological polar surface area (TPSA) is 61.2 Å². The molecule has 124 valence electrons. The number of carbonyl (C=O) groups excluding carboxylic acids is 1. The highest BCUT2D eigenvalue weighted by atomic mass is 32.1. The predicted octanol–water partition coefficient (Wildman–Crippen LogP) is 2.99. The maximum absolute atomic E-state index is 12.9. The van der Waals surface area contributed by atoms with E-state index in [1.807, 2.05) is 6.92 Å². The van der Waals surface area contributed by atoms with Crippen LogP contribution in [0.3, 0.4) is 0 Å². The van der Waals surface area contributed by atoms with Gasteiger partial charge < -0.3 is 4.74 Å². The molecule has 2 aromatic heterocycles. The molecule has 2 aromatic rings. The first-order valence-electron chi connectivity index (χ1n) is 8.29. The van der Waals surface area contributed by atoms with Crippen LogP contribution in [-0.4, -0.2) is 22.1 Å². The van der Waals surface area contributed by atoms with Crippen LogP contribution < -0.4 is 5.56 Å². The van der Waals surface area contributed by atoms with E-state index in [1.165, 1.54) is 15.9 Å². The lowest BCUT2D eigenvalue weighted by Crippen LogP contribution is -2.28. The van der Waals surface area contributed by atoms with Gasteiger partial charge in [-0.15, -0.1) is 11.3 Å². The molecule has 0 fully saturated rings. The van der Waals surface area contributed by atoms with Crippen molar-refractivity contribution in [1.29, 1.82) is 0 Å². The van der Waals surface area contributed by atoms with Crippen LogP contribution in [0.2, 0.25) is 0 Å². The van der Waals surface area contributed by atoms with Crippen LogP contribution in [0.4, 0.5) is 0 Å². The predicted molar refractivity (Wildman–Crippen MR) is 91.1 cm³/mol. The number of fused-ring (bicyclic) bond motifs is 3. The summed E-state index contributed by atoms with van der Waals surface area (Å²) < 4.78 is 6.64. The molecule has 0 spiro atoms. The largest absolute Gasteiger partial charge is 0.464 e. The normalized spacial score (nSPS) is 14.0. The molecule has 1 aliphatic carbocycles. The minimum Gasteiger partial charge on any atom is -0.464 e. The van der Waals surface area contributed by atoms with Crippen molar-refractivity contribution in [3.05, 3.63) is 26.6 Å². The summed E-state index contributed by atoms with van der Waals surface area (Å²) in [7, 11) is 0. The lowest BCUT2D eigenvalue weighted by molar-refractivity contribution is -0.144. The van der Waals surface area contributed by atoms with Gasteiger partial charge in [0.2, 0.25) is 0 Å².